The Hall–Kier alpha value is 0. The van der Waals surface area contributed by atoms with E-state index in [4.69, 9.17) is 0 Å². The summed E-state index contributed by atoms with van der Waals surface area (Å²) in [4.78, 5) is 0. The van der Waals surface area contributed by atoms with Gasteiger partial charge in [-0.25, -0.2) is 0 Å². The van der Waals surface area contributed by atoms with Crippen molar-refractivity contribution in [3.05, 3.63) is 6.92 Å². The summed E-state index contributed by atoms with van der Waals surface area (Å²) >= 11 is 0. The molecule has 0 rings (SSSR count). The van der Waals surface area contributed by atoms with Crippen LogP contribution in [0.15, 0.2) is 0 Å². The molecular formula is C17H35-. The smallest absolute Gasteiger partial charge is 0.0348 e. The zero-order chi connectivity index (χ0) is 13.3. The minimum atomic E-state index is 0.476. The second-order valence-corrected chi connectivity index (χ2v) is 6.39. The summed E-state index contributed by atoms with van der Waals surface area (Å²) in [6, 6.07) is 0. The highest BCUT2D eigenvalue weighted by molar-refractivity contribution is 4.84. The monoisotopic (exact) mass is 239 g/mol. The summed E-state index contributed by atoms with van der Waals surface area (Å²) in [7, 11) is 0. The molecule has 0 fully saturated rings. The van der Waals surface area contributed by atoms with Crippen molar-refractivity contribution in [1.82, 2.24) is 0 Å². The van der Waals surface area contributed by atoms with Crippen molar-refractivity contribution in [1.29, 1.82) is 0 Å². The highest BCUT2D eigenvalue weighted by Gasteiger charge is 2.28. The molecule has 0 spiro atoms. The van der Waals surface area contributed by atoms with Crippen LogP contribution in [0.1, 0.15) is 86.0 Å². The van der Waals surface area contributed by atoms with Crippen molar-refractivity contribution in [2.75, 3.05) is 0 Å². The third-order valence-corrected chi connectivity index (χ3v) is 4.26. The maximum Gasteiger partial charge on any atom is -0.0348 e. The molecule has 0 aromatic rings. The Balaban J connectivity index is 4.49. The number of hydrogen-bond donors (Lipinski definition) is 0. The lowest BCUT2D eigenvalue weighted by Gasteiger charge is -2.42. The molecule has 0 bridgehead atoms. The molecule has 0 aliphatic rings. The Morgan fingerprint density at radius 2 is 1.41 bits per heavy atom. The molecule has 0 heteroatoms. The summed E-state index contributed by atoms with van der Waals surface area (Å²) in [5.41, 5.74) is 0.476. The van der Waals surface area contributed by atoms with E-state index in [0.717, 1.165) is 5.92 Å². The van der Waals surface area contributed by atoms with E-state index in [9.17, 15) is 0 Å². The lowest BCUT2D eigenvalue weighted by molar-refractivity contribution is 0.126. The van der Waals surface area contributed by atoms with Crippen molar-refractivity contribution >= 4 is 0 Å². The fraction of sp³-hybridized carbons (Fsp3) is 0.941. The number of rotatable bonds is 10. The minimum absolute atomic E-state index is 0.476. The van der Waals surface area contributed by atoms with Gasteiger partial charge in [0, 0.05) is 0 Å². The van der Waals surface area contributed by atoms with Crippen LogP contribution in [-0.2, 0) is 0 Å². The zero-order valence-corrected chi connectivity index (χ0v) is 13.0. The van der Waals surface area contributed by atoms with Gasteiger partial charge < -0.3 is 6.92 Å². The van der Waals surface area contributed by atoms with Crippen LogP contribution in [0, 0.1) is 24.2 Å². The lowest BCUT2D eigenvalue weighted by atomic mass is 9.67. The van der Waals surface area contributed by atoms with Crippen LogP contribution in [0.5, 0.6) is 0 Å². The van der Waals surface area contributed by atoms with E-state index in [1.165, 1.54) is 51.4 Å². The highest BCUT2D eigenvalue weighted by atomic mass is 14.4. The Kier molecular flexibility index (Phi) is 9.00. The van der Waals surface area contributed by atoms with Crippen LogP contribution in [0.3, 0.4) is 0 Å². The first-order chi connectivity index (χ1) is 7.99. The summed E-state index contributed by atoms with van der Waals surface area (Å²) in [6.45, 7) is 16.3. The summed E-state index contributed by atoms with van der Waals surface area (Å²) < 4.78 is 0. The van der Waals surface area contributed by atoms with Gasteiger partial charge in [-0.05, 0) is 11.8 Å². The first kappa shape index (κ1) is 17.0. The molecule has 2 atom stereocenters. The van der Waals surface area contributed by atoms with E-state index in [2.05, 4.69) is 41.5 Å². The van der Waals surface area contributed by atoms with Crippen LogP contribution in [0.25, 0.3) is 0 Å². The molecule has 0 heterocycles. The van der Waals surface area contributed by atoms with Crippen LogP contribution in [0.4, 0.5) is 0 Å². The van der Waals surface area contributed by atoms with Crippen LogP contribution in [-0.4, -0.2) is 0 Å². The fourth-order valence-electron chi connectivity index (χ4n) is 3.19. The maximum absolute atomic E-state index is 4.48. The average molecular weight is 239 g/mol. The van der Waals surface area contributed by atoms with Crippen molar-refractivity contribution in [2.45, 2.75) is 86.0 Å². The molecule has 17 heavy (non-hydrogen) atoms. The summed E-state index contributed by atoms with van der Waals surface area (Å²) in [5.74, 6) is 1.47. The molecule has 0 saturated carbocycles. The van der Waals surface area contributed by atoms with E-state index in [-0.39, 0.29) is 0 Å². The van der Waals surface area contributed by atoms with Crippen LogP contribution in [0.2, 0.25) is 0 Å². The highest BCUT2D eigenvalue weighted by Crippen LogP contribution is 2.41. The zero-order valence-electron chi connectivity index (χ0n) is 13.0. The SMILES string of the molecule is [CH2-]C(CCCC)C(CCCC)C(C)(C)CCC. The van der Waals surface area contributed by atoms with Crippen LogP contribution < -0.4 is 0 Å². The largest absolute Gasteiger partial charge is 0.340 e. The number of hydrogen-bond acceptors (Lipinski definition) is 0. The van der Waals surface area contributed by atoms with E-state index in [0.29, 0.717) is 11.3 Å². The minimum Gasteiger partial charge on any atom is -0.340 e. The summed E-state index contributed by atoms with van der Waals surface area (Å²) in [6.07, 6.45) is 10.7. The van der Waals surface area contributed by atoms with Crippen LogP contribution >= 0.6 is 0 Å². The predicted octanol–water partition coefficient (Wildman–Crippen LogP) is 6.26. The van der Waals surface area contributed by atoms with E-state index >= 15 is 0 Å². The lowest BCUT2D eigenvalue weighted by Crippen LogP contribution is -2.29. The number of unbranched alkanes of at least 4 members (excludes halogenated alkanes) is 2. The van der Waals surface area contributed by atoms with Gasteiger partial charge in [0.05, 0.1) is 0 Å². The van der Waals surface area contributed by atoms with Gasteiger partial charge in [0.2, 0.25) is 0 Å². The van der Waals surface area contributed by atoms with Gasteiger partial charge in [-0.3, -0.25) is 0 Å². The topological polar surface area (TPSA) is 0 Å². The first-order valence-electron chi connectivity index (χ1n) is 7.82. The van der Waals surface area contributed by atoms with Gasteiger partial charge in [-0.2, -0.15) is 5.92 Å². The Bertz CT molecular complexity index is 169. The fourth-order valence-corrected chi connectivity index (χ4v) is 3.19. The molecular weight excluding hydrogens is 204 g/mol. The van der Waals surface area contributed by atoms with Gasteiger partial charge in [0.15, 0.2) is 0 Å². The molecule has 0 aliphatic heterocycles. The Morgan fingerprint density at radius 1 is 0.882 bits per heavy atom. The van der Waals surface area contributed by atoms with Crippen molar-refractivity contribution in [3.63, 3.8) is 0 Å². The maximum atomic E-state index is 4.48. The molecule has 0 aromatic carbocycles. The van der Waals surface area contributed by atoms with Crippen molar-refractivity contribution in [2.24, 2.45) is 17.3 Å². The van der Waals surface area contributed by atoms with Gasteiger partial charge in [-0.1, -0.05) is 85.5 Å². The van der Waals surface area contributed by atoms with Crippen molar-refractivity contribution < 1.29 is 0 Å². The predicted molar refractivity (Wildman–Crippen MR) is 80.1 cm³/mol. The molecule has 2 unspecified atom stereocenters. The van der Waals surface area contributed by atoms with Gasteiger partial charge in [-0.15, -0.1) is 0 Å². The molecule has 0 nitrogen and oxygen atoms in total. The Labute approximate surface area is 111 Å². The molecule has 0 aliphatic carbocycles. The molecule has 104 valence electrons. The van der Waals surface area contributed by atoms with Gasteiger partial charge in [0.25, 0.3) is 0 Å². The average Bonchev–Trinajstić information content (AvgIpc) is 2.26. The molecule has 0 radical (unpaired) electrons. The third-order valence-electron chi connectivity index (χ3n) is 4.26. The van der Waals surface area contributed by atoms with E-state index < -0.39 is 0 Å². The molecule has 0 aromatic heterocycles. The molecule has 0 amide bonds. The van der Waals surface area contributed by atoms with E-state index in [1.54, 1.807) is 0 Å². The van der Waals surface area contributed by atoms with E-state index in [1.807, 2.05) is 0 Å². The van der Waals surface area contributed by atoms with Gasteiger partial charge in [0.1, 0.15) is 0 Å². The Morgan fingerprint density at radius 3 is 1.88 bits per heavy atom. The molecule has 0 N–H and O–H groups in total. The van der Waals surface area contributed by atoms with Crippen molar-refractivity contribution in [3.8, 4) is 0 Å². The molecule has 0 saturated heterocycles. The second-order valence-electron chi connectivity index (χ2n) is 6.39. The normalized spacial score (nSPS) is 15.9. The second kappa shape index (κ2) is 9.00. The summed E-state index contributed by atoms with van der Waals surface area (Å²) in [5, 5.41) is 0. The van der Waals surface area contributed by atoms with Gasteiger partial charge >= 0.3 is 0 Å². The quantitative estimate of drug-likeness (QED) is 0.395. The third kappa shape index (κ3) is 6.48. The standard InChI is InChI=1S/C17H35/c1-7-10-12-15(4)16(13-11-8-2)17(5,6)14-9-3/h15-16H,4,7-14H2,1-3,5-6H3/q-1. The first-order valence-corrected chi connectivity index (χ1v) is 7.82.